The van der Waals surface area contributed by atoms with Gasteiger partial charge in [0, 0.05) is 5.41 Å². The van der Waals surface area contributed by atoms with Gasteiger partial charge in [0.25, 0.3) is 0 Å². The predicted octanol–water partition coefficient (Wildman–Crippen LogP) is 1.33. The van der Waals surface area contributed by atoms with E-state index in [1.807, 2.05) is 0 Å². The van der Waals surface area contributed by atoms with E-state index in [1.54, 1.807) is 0 Å². The van der Waals surface area contributed by atoms with Gasteiger partial charge in [0.15, 0.2) is 0 Å². The number of alkyl halides is 1. The largest absolute Gasteiger partial charge is 0.468 e. The fourth-order valence-corrected chi connectivity index (χ4v) is 2.87. The number of rotatable bonds is 1. The molecule has 2 fully saturated rings. The van der Waals surface area contributed by atoms with Crippen LogP contribution in [-0.4, -0.2) is 31.0 Å². The molecule has 1 saturated heterocycles. The Morgan fingerprint density at radius 1 is 1.43 bits per heavy atom. The van der Waals surface area contributed by atoms with Crippen LogP contribution in [0.4, 0.5) is 0 Å². The van der Waals surface area contributed by atoms with E-state index in [4.69, 9.17) is 16.3 Å². The van der Waals surface area contributed by atoms with Crippen molar-refractivity contribution in [3.8, 4) is 0 Å². The Bertz CT molecular complexity index is 241. The van der Waals surface area contributed by atoms with Gasteiger partial charge >= 0.3 is 5.97 Å². The molecule has 3 nitrogen and oxygen atoms in total. The first-order valence-corrected chi connectivity index (χ1v) is 5.00. The number of nitrogens with one attached hydrogen (secondary N) is 1. The molecule has 2 rings (SSSR count). The van der Waals surface area contributed by atoms with E-state index in [0.717, 1.165) is 32.4 Å². The average molecular weight is 240 g/mol. The van der Waals surface area contributed by atoms with Gasteiger partial charge in [-0.25, -0.2) is 0 Å². The van der Waals surface area contributed by atoms with Gasteiger partial charge in [-0.1, -0.05) is 0 Å². The number of carbonyl (C=O) groups is 1. The number of piperidine rings is 1. The van der Waals surface area contributed by atoms with Crippen LogP contribution in [-0.2, 0) is 9.53 Å². The highest BCUT2D eigenvalue weighted by Crippen LogP contribution is 2.66. The first-order valence-electron chi connectivity index (χ1n) is 4.63. The minimum Gasteiger partial charge on any atom is -0.468 e. The first-order chi connectivity index (χ1) is 6.15. The minimum absolute atomic E-state index is 0. The summed E-state index contributed by atoms with van der Waals surface area (Å²) in [5.41, 5.74) is 0.0346. The smallest absolute Gasteiger partial charge is 0.327 e. The van der Waals surface area contributed by atoms with Crippen LogP contribution in [0, 0.1) is 5.41 Å². The molecule has 2 aliphatic rings. The zero-order valence-corrected chi connectivity index (χ0v) is 9.71. The molecule has 0 bridgehead atoms. The number of hydrogen-bond donors (Lipinski definition) is 1. The molecular weight excluding hydrogens is 225 g/mol. The highest BCUT2D eigenvalue weighted by atomic mass is 35.5. The van der Waals surface area contributed by atoms with Crippen LogP contribution in [0.1, 0.15) is 19.3 Å². The molecule has 1 N–H and O–H groups in total. The van der Waals surface area contributed by atoms with Gasteiger partial charge in [-0.3, -0.25) is 4.79 Å². The average Bonchev–Trinajstić information content (AvgIpc) is 2.72. The van der Waals surface area contributed by atoms with Crippen LogP contribution in [0.25, 0.3) is 0 Å². The number of halogens is 2. The lowest BCUT2D eigenvalue weighted by Gasteiger charge is -2.25. The van der Waals surface area contributed by atoms with Crippen LogP contribution in [0.5, 0.6) is 0 Å². The summed E-state index contributed by atoms with van der Waals surface area (Å²) < 4.78 is 4.71. The van der Waals surface area contributed by atoms with Crippen LogP contribution >= 0.6 is 24.0 Å². The van der Waals surface area contributed by atoms with Crippen molar-refractivity contribution in [2.24, 2.45) is 5.41 Å². The third-order valence-corrected chi connectivity index (χ3v) is 4.06. The molecule has 0 radical (unpaired) electrons. The first kappa shape index (κ1) is 12.1. The second-order valence-electron chi connectivity index (χ2n) is 4.00. The monoisotopic (exact) mass is 239 g/mol. The fourth-order valence-electron chi connectivity index (χ4n) is 2.35. The van der Waals surface area contributed by atoms with Crippen molar-refractivity contribution >= 4 is 30.0 Å². The van der Waals surface area contributed by atoms with E-state index in [1.165, 1.54) is 7.11 Å². The molecule has 0 aromatic heterocycles. The second kappa shape index (κ2) is 3.87. The molecule has 1 saturated carbocycles. The quantitative estimate of drug-likeness (QED) is 0.555. The molecule has 1 unspecified atom stereocenters. The lowest BCUT2D eigenvalue weighted by atomic mass is 9.92. The normalized spacial score (nSPS) is 33.3. The third-order valence-electron chi connectivity index (χ3n) is 3.37. The van der Waals surface area contributed by atoms with Gasteiger partial charge < -0.3 is 10.1 Å². The fraction of sp³-hybridized carbons (Fsp3) is 0.889. The molecule has 1 heterocycles. The van der Waals surface area contributed by atoms with Crippen LogP contribution < -0.4 is 5.32 Å². The van der Waals surface area contributed by atoms with Crippen LogP contribution in [0.15, 0.2) is 0 Å². The van der Waals surface area contributed by atoms with Crippen molar-refractivity contribution in [2.45, 2.75) is 24.1 Å². The number of carbonyl (C=O) groups excluding carboxylic acids is 1. The summed E-state index contributed by atoms with van der Waals surface area (Å²) in [6.45, 7) is 1.93. The summed E-state index contributed by atoms with van der Waals surface area (Å²) in [6.07, 6.45) is 2.77. The zero-order valence-electron chi connectivity index (χ0n) is 8.14. The molecule has 0 amide bonds. The summed E-state index contributed by atoms with van der Waals surface area (Å²) in [6, 6.07) is 0. The maximum Gasteiger partial charge on any atom is 0.327 e. The van der Waals surface area contributed by atoms with Crippen molar-refractivity contribution in [2.75, 3.05) is 20.2 Å². The number of ether oxygens (including phenoxy) is 1. The Balaban J connectivity index is 0.000000980. The van der Waals surface area contributed by atoms with E-state index >= 15 is 0 Å². The van der Waals surface area contributed by atoms with Gasteiger partial charge in [-0.05, 0) is 32.4 Å². The Hall–Kier alpha value is 0.01000. The van der Waals surface area contributed by atoms with Gasteiger partial charge in [0.05, 0.1) is 7.11 Å². The van der Waals surface area contributed by atoms with Crippen molar-refractivity contribution in [3.05, 3.63) is 0 Å². The van der Waals surface area contributed by atoms with Gasteiger partial charge in [-0.15, -0.1) is 24.0 Å². The standard InChI is InChI=1S/C9H14ClNO2.ClH/c1-13-7(12)9(10)6-8(9)2-4-11-5-3-8;/h11H,2-6H2,1H3;1H. The Morgan fingerprint density at radius 2 is 2.00 bits per heavy atom. The van der Waals surface area contributed by atoms with Crippen molar-refractivity contribution in [3.63, 3.8) is 0 Å². The van der Waals surface area contributed by atoms with Crippen molar-refractivity contribution in [1.82, 2.24) is 5.32 Å². The van der Waals surface area contributed by atoms with E-state index in [9.17, 15) is 4.79 Å². The third kappa shape index (κ3) is 1.51. The minimum atomic E-state index is -0.705. The topological polar surface area (TPSA) is 38.3 Å². The molecule has 14 heavy (non-hydrogen) atoms. The Morgan fingerprint density at radius 3 is 2.50 bits per heavy atom. The number of hydrogen-bond acceptors (Lipinski definition) is 3. The second-order valence-corrected chi connectivity index (χ2v) is 4.65. The lowest BCUT2D eigenvalue weighted by molar-refractivity contribution is -0.142. The van der Waals surface area contributed by atoms with E-state index in [-0.39, 0.29) is 23.8 Å². The van der Waals surface area contributed by atoms with Gasteiger partial charge in [-0.2, -0.15) is 0 Å². The Labute approximate surface area is 94.9 Å². The van der Waals surface area contributed by atoms with Crippen molar-refractivity contribution in [1.29, 1.82) is 0 Å². The highest BCUT2D eigenvalue weighted by molar-refractivity contribution is 6.37. The molecule has 5 heteroatoms. The van der Waals surface area contributed by atoms with E-state index in [2.05, 4.69) is 5.32 Å². The van der Waals surface area contributed by atoms with Gasteiger partial charge in [0.2, 0.25) is 0 Å². The highest BCUT2D eigenvalue weighted by Gasteiger charge is 2.71. The number of esters is 1. The molecule has 1 aliphatic carbocycles. The molecule has 0 aromatic rings. The van der Waals surface area contributed by atoms with E-state index in [0.29, 0.717) is 0 Å². The lowest BCUT2D eigenvalue weighted by Crippen LogP contribution is -2.35. The molecule has 82 valence electrons. The zero-order chi connectivity index (χ0) is 9.53. The molecule has 1 atom stereocenters. The molecule has 1 aliphatic heterocycles. The summed E-state index contributed by atoms with van der Waals surface area (Å²) in [5, 5.41) is 3.26. The van der Waals surface area contributed by atoms with Crippen molar-refractivity contribution < 1.29 is 9.53 Å². The maximum atomic E-state index is 11.4. The van der Waals surface area contributed by atoms with Crippen LogP contribution in [0.2, 0.25) is 0 Å². The van der Waals surface area contributed by atoms with Crippen LogP contribution in [0.3, 0.4) is 0 Å². The molecular formula is C9H15Cl2NO2. The Kier molecular flexibility index (Phi) is 3.34. The SMILES string of the molecule is COC(=O)C1(Cl)CC12CCNCC2.Cl. The predicted molar refractivity (Wildman–Crippen MR) is 57.0 cm³/mol. The number of methoxy groups -OCH3 is 1. The summed E-state index contributed by atoms with van der Waals surface area (Å²) in [7, 11) is 1.40. The summed E-state index contributed by atoms with van der Waals surface area (Å²) in [5.74, 6) is -0.254. The molecule has 1 spiro atoms. The van der Waals surface area contributed by atoms with Gasteiger partial charge in [0.1, 0.15) is 4.87 Å². The van der Waals surface area contributed by atoms with E-state index < -0.39 is 4.87 Å². The summed E-state index contributed by atoms with van der Waals surface area (Å²) in [4.78, 5) is 10.7. The molecule has 0 aromatic carbocycles. The maximum absolute atomic E-state index is 11.4. The summed E-state index contributed by atoms with van der Waals surface area (Å²) >= 11 is 6.23.